The highest BCUT2D eigenvalue weighted by Crippen LogP contribution is 2.17. The number of nitrogens with one attached hydrogen (secondary N) is 1. The summed E-state index contributed by atoms with van der Waals surface area (Å²) in [7, 11) is 0. The van der Waals surface area contributed by atoms with Crippen LogP contribution in [0, 0.1) is 13.8 Å². The molecule has 0 aliphatic carbocycles. The Labute approximate surface area is 76.9 Å². The van der Waals surface area contributed by atoms with E-state index in [0.717, 1.165) is 24.2 Å². The molecule has 1 unspecified atom stereocenters. The lowest BCUT2D eigenvalue weighted by molar-refractivity contribution is -0.122. The van der Waals surface area contributed by atoms with Crippen molar-refractivity contribution in [1.29, 1.82) is 0 Å². The van der Waals surface area contributed by atoms with Crippen molar-refractivity contribution in [2.45, 2.75) is 26.3 Å². The van der Waals surface area contributed by atoms with Crippen molar-refractivity contribution >= 4 is 5.91 Å². The maximum absolute atomic E-state index is 11.3. The summed E-state index contributed by atoms with van der Waals surface area (Å²) in [4.78, 5) is 11.3. The van der Waals surface area contributed by atoms with Crippen LogP contribution in [0.15, 0.2) is 6.20 Å². The summed E-state index contributed by atoms with van der Waals surface area (Å²) >= 11 is 0. The van der Waals surface area contributed by atoms with Crippen LogP contribution in [-0.2, 0) is 4.79 Å². The number of rotatable bonds is 1. The highest BCUT2D eigenvalue weighted by molar-refractivity contribution is 5.82. The van der Waals surface area contributed by atoms with Gasteiger partial charge in [0.25, 0.3) is 0 Å². The van der Waals surface area contributed by atoms with Gasteiger partial charge < -0.3 is 5.32 Å². The van der Waals surface area contributed by atoms with E-state index in [1.54, 1.807) is 4.68 Å². The van der Waals surface area contributed by atoms with E-state index in [9.17, 15) is 4.79 Å². The smallest absolute Gasteiger partial charge is 0.244 e. The Balaban J connectivity index is 2.29. The Morgan fingerprint density at radius 3 is 2.85 bits per heavy atom. The second kappa shape index (κ2) is 2.87. The van der Waals surface area contributed by atoms with Gasteiger partial charge >= 0.3 is 0 Å². The zero-order valence-electron chi connectivity index (χ0n) is 7.87. The highest BCUT2D eigenvalue weighted by Gasteiger charge is 2.26. The minimum Gasteiger partial charge on any atom is -0.354 e. The predicted molar refractivity (Wildman–Crippen MR) is 48.4 cm³/mol. The number of carbonyl (C=O) groups excluding carboxylic acids is 1. The van der Waals surface area contributed by atoms with Crippen LogP contribution in [0.2, 0.25) is 0 Å². The first-order valence-corrected chi connectivity index (χ1v) is 4.48. The molecule has 2 heterocycles. The number of aromatic nitrogens is 2. The van der Waals surface area contributed by atoms with E-state index in [1.807, 2.05) is 20.0 Å². The van der Waals surface area contributed by atoms with Crippen molar-refractivity contribution in [3.05, 3.63) is 17.5 Å². The third-order valence-corrected chi connectivity index (χ3v) is 2.50. The average Bonchev–Trinajstić information content (AvgIpc) is 2.60. The van der Waals surface area contributed by atoms with Crippen LogP contribution in [0.25, 0.3) is 0 Å². The molecule has 4 heteroatoms. The topological polar surface area (TPSA) is 46.9 Å². The summed E-state index contributed by atoms with van der Waals surface area (Å²) in [6.07, 6.45) is 2.78. The molecule has 70 valence electrons. The van der Waals surface area contributed by atoms with E-state index in [0.29, 0.717) is 0 Å². The average molecular weight is 179 g/mol. The first-order valence-electron chi connectivity index (χ1n) is 4.48. The summed E-state index contributed by atoms with van der Waals surface area (Å²) in [6.45, 7) is 4.73. The molecule has 1 aromatic rings. The van der Waals surface area contributed by atoms with Crippen LogP contribution < -0.4 is 5.32 Å². The second-order valence-corrected chi connectivity index (χ2v) is 3.47. The van der Waals surface area contributed by atoms with Crippen molar-refractivity contribution in [2.24, 2.45) is 0 Å². The van der Waals surface area contributed by atoms with E-state index < -0.39 is 0 Å². The van der Waals surface area contributed by atoms with Crippen molar-refractivity contribution < 1.29 is 4.79 Å². The van der Waals surface area contributed by atoms with Gasteiger partial charge in [-0.05, 0) is 25.8 Å². The number of amides is 1. The summed E-state index contributed by atoms with van der Waals surface area (Å²) in [6, 6.07) is -0.0904. The zero-order valence-corrected chi connectivity index (χ0v) is 7.87. The zero-order chi connectivity index (χ0) is 9.42. The van der Waals surface area contributed by atoms with Crippen molar-refractivity contribution in [1.82, 2.24) is 15.1 Å². The Hall–Kier alpha value is -1.32. The lowest BCUT2D eigenvalue weighted by atomic mass is 10.2. The van der Waals surface area contributed by atoms with Crippen molar-refractivity contribution in [3.8, 4) is 0 Å². The number of nitrogens with zero attached hydrogens (tertiary/aromatic N) is 2. The summed E-state index contributed by atoms with van der Waals surface area (Å²) < 4.78 is 1.77. The minimum absolute atomic E-state index is 0.0856. The van der Waals surface area contributed by atoms with Gasteiger partial charge in [-0.1, -0.05) is 0 Å². The molecule has 0 spiro atoms. The fourth-order valence-electron chi connectivity index (χ4n) is 1.57. The molecule has 4 nitrogen and oxygen atoms in total. The summed E-state index contributed by atoms with van der Waals surface area (Å²) in [5.41, 5.74) is 2.14. The van der Waals surface area contributed by atoms with Crippen LogP contribution in [0.5, 0.6) is 0 Å². The lowest BCUT2D eigenvalue weighted by Gasteiger charge is -2.05. The predicted octanol–water partition coefficient (Wildman–Crippen LogP) is 0.561. The van der Waals surface area contributed by atoms with Gasteiger partial charge in [0.15, 0.2) is 0 Å². The molecule has 1 aromatic heterocycles. The van der Waals surface area contributed by atoms with Gasteiger partial charge in [0.1, 0.15) is 6.04 Å². The molecule has 0 aromatic carbocycles. The molecule has 0 saturated carbocycles. The molecule has 1 atom stereocenters. The SMILES string of the molecule is Cc1cn(C2CCNC2=O)nc1C. The first kappa shape index (κ1) is 8.29. The van der Waals surface area contributed by atoms with Gasteiger partial charge in [0.05, 0.1) is 5.69 Å². The fourth-order valence-corrected chi connectivity index (χ4v) is 1.57. The molecule has 1 saturated heterocycles. The van der Waals surface area contributed by atoms with Gasteiger partial charge in [-0.25, -0.2) is 0 Å². The Morgan fingerprint density at radius 1 is 1.62 bits per heavy atom. The van der Waals surface area contributed by atoms with Crippen LogP contribution in [0.1, 0.15) is 23.7 Å². The van der Waals surface area contributed by atoms with E-state index in [-0.39, 0.29) is 11.9 Å². The third-order valence-electron chi connectivity index (χ3n) is 2.50. The van der Waals surface area contributed by atoms with Gasteiger partial charge in [-0.3, -0.25) is 9.48 Å². The molecule has 1 N–H and O–H groups in total. The Bertz CT molecular complexity index is 323. The van der Waals surface area contributed by atoms with Gasteiger partial charge in [0, 0.05) is 12.7 Å². The van der Waals surface area contributed by atoms with E-state index in [4.69, 9.17) is 0 Å². The standard InChI is InChI=1S/C9H13N3O/c1-6-5-12(11-7(6)2)8-3-4-10-9(8)13/h5,8H,3-4H2,1-2H3,(H,10,13). The molecule has 0 radical (unpaired) electrons. The molecule has 13 heavy (non-hydrogen) atoms. The number of carbonyl (C=O) groups is 1. The molecule has 1 aliphatic rings. The van der Waals surface area contributed by atoms with E-state index in [1.165, 1.54) is 0 Å². The van der Waals surface area contributed by atoms with Crippen LogP contribution in [0.3, 0.4) is 0 Å². The van der Waals surface area contributed by atoms with Crippen LogP contribution in [-0.4, -0.2) is 22.2 Å². The molecule has 2 rings (SSSR count). The van der Waals surface area contributed by atoms with Crippen LogP contribution in [0.4, 0.5) is 0 Å². The Kier molecular flexibility index (Phi) is 1.83. The minimum atomic E-state index is -0.0904. The normalized spacial score (nSPS) is 22.0. The van der Waals surface area contributed by atoms with Crippen molar-refractivity contribution in [2.75, 3.05) is 6.54 Å². The number of hydrogen-bond acceptors (Lipinski definition) is 2. The molecule has 1 fully saturated rings. The lowest BCUT2D eigenvalue weighted by Crippen LogP contribution is -2.22. The van der Waals surface area contributed by atoms with Gasteiger partial charge in [-0.2, -0.15) is 5.10 Å². The fraction of sp³-hybridized carbons (Fsp3) is 0.556. The molecule has 1 amide bonds. The number of aryl methyl sites for hydroxylation is 2. The quantitative estimate of drug-likeness (QED) is 0.684. The first-order chi connectivity index (χ1) is 6.18. The van der Waals surface area contributed by atoms with Gasteiger partial charge in [0.2, 0.25) is 5.91 Å². The van der Waals surface area contributed by atoms with Crippen LogP contribution >= 0.6 is 0 Å². The maximum Gasteiger partial charge on any atom is 0.244 e. The highest BCUT2D eigenvalue weighted by atomic mass is 16.2. The summed E-state index contributed by atoms with van der Waals surface area (Å²) in [5.74, 6) is 0.0856. The monoisotopic (exact) mass is 179 g/mol. The van der Waals surface area contributed by atoms with Crippen molar-refractivity contribution in [3.63, 3.8) is 0 Å². The number of hydrogen-bond donors (Lipinski definition) is 1. The Morgan fingerprint density at radius 2 is 2.38 bits per heavy atom. The third kappa shape index (κ3) is 1.32. The second-order valence-electron chi connectivity index (χ2n) is 3.47. The molecular formula is C9H13N3O. The summed E-state index contributed by atoms with van der Waals surface area (Å²) in [5, 5.41) is 7.10. The largest absolute Gasteiger partial charge is 0.354 e. The molecule has 1 aliphatic heterocycles. The van der Waals surface area contributed by atoms with Gasteiger partial charge in [-0.15, -0.1) is 0 Å². The molecule has 0 bridgehead atoms. The van der Waals surface area contributed by atoms with E-state index in [2.05, 4.69) is 10.4 Å². The van der Waals surface area contributed by atoms with E-state index >= 15 is 0 Å². The molecular weight excluding hydrogens is 166 g/mol. The maximum atomic E-state index is 11.3.